The predicted octanol–water partition coefficient (Wildman–Crippen LogP) is 2.74. The summed E-state index contributed by atoms with van der Waals surface area (Å²) in [5.74, 6) is 0.554. The monoisotopic (exact) mass is 388 g/mol. The summed E-state index contributed by atoms with van der Waals surface area (Å²) in [5, 5.41) is 9.22. The standard InChI is InChI=1S/C20H24N2O4S/c23-19(7-9-21-20(24)16-8-11-27-14-16)22-12-15-3-5-17(6-4-15)26-13-18-2-1-10-25-18/h3-6,8,11,14,18H,1-2,7,9-10,12-13H2,(H,21,24)(H,22,23). The molecule has 1 aliphatic rings. The van der Waals surface area contributed by atoms with E-state index in [2.05, 4.69) is 10.6 Å². The lowest BCUT2D eigenvalue weighted by molar-refractivity contribution is -0.121. The first-order valence-corrected chi connectivity index (χ1v) is 10.1. The molecule has 1 aromatic heterocycles. The van der Waals surface area contributed by atoms with E-state index in [-0.39, 0.29) is 24.3 Å². The van der Waals surface area contributed by atoms with Crippen LogP contribution in [0.1, 0.15) is 35.2 Å². The van der Waals surface area contributed by atoms with Crippen molar-refractivity contribution in [3.8, 4) is 5.75 Å². The number of carbonyl (C=O) groups excluding carboxylic acids is 2. The Hall–Kier alpha value is -2.38. The van der Waals surface area contributed by atoms with Gasteiger partial charge in [-0.25, -0.2) is 0 Å². The summed E-state index contributed by atoms with van der Waals surface area (Å²) >= 11 is 1.47. The number of amides is 2. The SMILES string of the molecule is O=C(CCNC(=O)c1ccsc1)NCc1ccc(OCC2CCCO2)cc1. The highest BCUT2D eigenvalue weighted by Gasteiger charge is 2.15. The molecule has 1 unspecified atom stereocenters. The van der Waals surface area contributed by atoms with Crippen molar-refractivity contribution < 1.29 is 19.1 Å². The normalized spacial score (nSPS) is 16.1. The molecule has 1 fully saturated rings. The molecule has 2 heterocycles. The molecule has 1 saturated heterocycles. The van der Waals surface area contributed by atoms with E-state index in [1.165, 1.54) is 11.3 Å². The van der Waals surface area contributed by atoms with Crippen molar-refractivity contribution in [3.63, 3.8) is 0 Å². The van der Waals surface area contributed by atoms with Gasteiger partial charge < -0.3 is 20.1 Å². The third-order valence-corrected chi connectivity index (χ3v) is 4.98. The molecule has 1 atom stereocenters. The highest BCUT2D eigenvalue weighted by atomic mass is 32.1. The van der Waals surface area contributed by atoms with Gasteiger partial charge in [0.1, 0.15) is 12.4 Å². The molecule has 0 radical (unpaired) electrons. The van der Waals surface area contributed by atoms with Crippen LogP contribution in [0.25, 0.3) is 0 Å². The molecular formula is C20H24N2O4S. The summed E-state index contributed by atoms with van der Waals surface area (Å²) in [5.41, 5.74) is 1.62. The van der Waals surface area contributed by atoms with Crippen LogP contribution in [0.3, 0.4) is 0 Å². The predicted molar refractivity (Wildman–Crippen MR) is 104 cm³/mol. The van der Waals surface area contributed by atoms with Gasteiger partial charge in [0, 0.05) is 37.1 Å². The number of nitrogens with one attached hydrogen (secondary N) is 2. The molecule has 0 aliphatic carbocycles. The minimum absolute atomic E-state index is 0.0978. The van der Waals surface area contributed by atoms with Crippen LogP contribution in [0.4, 0.5) is 0 Å². The lowest BCUT2D eigenvalue weighted by atomic mass is 10.2. The number of ether oxygens (including phenoxy) is 2. The lowest BCUT2D eigenvalue weighted by Crippen LogP contribution is -2.30. The van der Waals surface area contributed by atoms with E-state index in [9.17, 15) is 9.59 Å². The quantitative estimate of drug-likeness (QED) is 0.693. The fraction of sp³-hybridized carbons (Fsp3) is 0.400. The molecule has 2 N–H and O–H groups in total. The van der Waals surface area contributed by atoms with E-state index in [0.717, 1.165) is 30.8 Å². The smallest absolute Gasteiger partial charge is 0.252 e. The average molecular weight is 388 g/mol. The molecule has 27 heavy (non-hydrogen) atoms. The summed E-state index contributed by atoms with van der Waals surface area (Å²) in [6.07, 6.45) is 2.60. The van der Waals surface area contributed by atoms with E-state index < -0.39 is 0 Å². The maximum atomic E-state index is 11.9. The third kappa shape index (κ3) is 6.37. The van der Waals surface area contributed by atoms with Gasteiger partial charge in [-0.3, -0.25) is 9.59 Å². The molecule has 3 rings (SSSR count). The van der Waals surface area contributed by atoms with Crippen LogP contribution in [0.15, 0.2) is 41.1 Å². The fourth-order valence-electron chi connectivity index (χ4n) is 2.74. The minimum Gasteiger partial charge on any atom is -0.491 e. The summed E-state index contributed by atoms with van der Waals surface area (Å²) in [6, 6.07) is 9.43. The van der Waals surface area contributed by atoms with Crippen molar-refractivity contribution in [2.75, 3.05) is 19.8 Å². The van der Waals surface area contributed by atoms with Gasteiger partial charge in [0.15, 0.2) is 0 Å². The van der Waals surface area contributed by atoms with Crippen LogP contribution >= 0.6 is 11.3 Å². The Morgan fingerprint density at radius 3 is 2.74 bits per heavy atom. The van der Waals surface area contributed by atoms with Crippen molar-refractivity contribution >= 4 is 23.2 Å². The molecule has 0 spiro atoms. The molecule has 144 valence electrons. The van der Waals surface area contributed by atoms with E-state index in [1.54, 1.807) is 11.4 Å². The van der Waals surface area contributed by atoms with Crippen molar-refractivity contribution in [3.05, 3.63) is 52.2 Å². The number of hydrogen-bond donors (Lipinski definition) is 2. The fourth-order valence-corrected chi connectivity index (χ4v) is 3.38. The van der Waals surface area contributed by atoms with Gasteiger partial charge in [-0.15, -0.1) is 0 Å². The number of carbonyl (C=O) groups is 2. The molecule has 6 nitrogen and oxygen atoms in total. The summed E-state index contributed by atoms with van der Waals surface area (Å²) in [6.45, 7) is 2.16. The van der Waals surface area contributed by atoms with Gasteiger partial charge in [0.2, 0.25) is 5.91 Å². The maximum Gasteiger partial charge on any atom is 0.252 e. The summed E-state index contributed by atoms with van der Waals surface area (Å²) < 4.78 is 11.3. The zero-order valence-electron chi connectivity index (χ0n) is 15.1. The molecule has 0 bridgehead atoms. The molecular weight excluding hydrogens is 364 g/mol. The van der Waals surface area contributed by atoms with Gasteiger partial charge in [-0.2, -0.15) is 11.3 Å². The molecule has 2 aromatic rings. The zero-order valence-corrected chi connectivity index (χ0v) is 15.9. The molecule has 7 heteroatoms. The largest absolute Gasteiger partial charge is 0.491 e. The van der Waals surface area contributed by atoms with Gasteiger partial charge >= 0.3 is 0 Å². The summed E-state index contributed by atoms with van der Waals surface area (Å²) in [7, 11) is 0. The van der Waals surface area contributed by atoms with E-state index >= 15 is 0 Å². The Morgan fingerprint density at radius 2 is 2.04 bits per heavy atom. The van der Waals surface area contributed by atoms with Crippen LogP contribution in [0.2, 0.25) is 0 Å². The molecule has 2 amide bonds. The van der Waals surface area contributed by atoms with Gasteiger partial charge in [0.25, 0.3) is 5.91 Å². The number of thiophene rings is 1. The second kappa shape index (κ2) is 10.1. The van der Waals surface area contributed by atoms with Gasteiger partial charge in [-0.1, -0.05) is 12.1 Å². The Labute approximate surface area is 162 Å². The van der Waals surface area contributed by atoms with Gasteiger partial charge in [-0.05, 0) is 42.0 Å². The van der Waals surface area contributed by atoms with Crippen LogP contribution in [-0.4, -0.2) is 37.7 Å². The molecule has 1 aliphatic heterocycles. The topological polar surface area (TPSA) is 76.7 Å². The Bertz CT molecular complexity index is 725. The van der Waals surface area contributed by atoms with E-state index in [1.807, 2.05) is 29.6 Å². The van der Waals surface area contributed by atoms with Crippen LogP contribution in [-0.2, 0) is 16.1 Å². The average Bonchev–Trinajstić information content (AvgIpc) is 3.39. The lowest BCUT2D eigenvalue weighted by Gasteiger charge is -2.12. The van der Waals surface area contributed by atoms with Gasteiger partial charge in [0.05, 0.1) is 6.10 Å². The second-order valence-corrected chi connectivity index (χ2v) is 7.16. The minimum atomic E-state index is -0.150. The number of hydrogen-bond acceptors (Lipinski definition) is 5. The van der Waals surface area contributed by atoms with Crippen LogP contribution < -0.4 is 15.4 Å². The first-order valence-electron chi connectivity index (χ1n) is 9.11. The third-order valence-electron chi connectivity index (χ3n) is 4.29. The first kappa shape index (κ1) is 19.4. The number of rotatable bonds is 9. The Kier molecular flexibility index (Phi) is 7.24. The Balaban J connectivity index is 1.31. The number of benzene rings is 1. The van der Waals surface area contributed by atoms with Crippen molar-refractivity contribution in [2.45, 2.75) is 31.9 Å². The molecule has 0 saturated carbocycles. The second-order valence-electron chi connectivity index (χ2n) is 6.38. The van der Waals surface area contributed by atoms with Crippen LogP contribution in [0.5, 0.6) is 5.75 Å². The zero-order chi connectivity index (χ0) is 18.9. The van der Waals surface area contributed by atoms with E-state index in [4.69, 9.17) is 9.47 Å². The van der Waals surface area contributed by atoms with Crippen molar-refractivity contribution in [1.29, 1.82) is 0 Å². The highest BCUT2D eigenvalue weighted by Crippen LogP contribution is 2.16. The Morgan fingerprint density at radius 1 is 1.19 bits per heavy atom. The van der Waals surface area contributed by atoms with Crippen molar-refractivity contribution in [2.24, 2.45) is 0 Å². The van der Waals surface area contributed by atoms with E-state index in [0.29, 0.717) is 25.3 Å². The molecule has 1 aromatic carbocycles. The van der Waals surface area contributed by atoms with Crippen molar-refractivity contribution in [1.82, 2.24) is 10.6 Å². The first-order chi connectivity index (χ1) is 13.2. The maximum absolute atomic E-state index is 11.9. The summed E-state index contributed by atoms with van der Waals surface area (Å²) in [4.78, 5) is 23.7. The highest BCUT2D eigenvalue weighted by molar-refractivity contribution is 7.08. The van der Waals surface area contributed by atoms with Crippen LogP contribution in [0, 0.1) is 0 Å².